The van der Waals surface area contributed by atoms with Crippen molar-refractivity contribution < 1.29 is 39.2 Å². The monoisotopic (exact) mass is 258 g/mol. The summed E-state index contributed by atoms with van der Waals surface area (Å²) < 4.78 is 4.86. The standard InChI is InChI=1S/C10H10O4.Zn/c1-14-9-6-7(2-4-8(9)11)3-5-10(12)13;/h2-6,11H,1H3,(H,12,13);/b5-3+;. The number of hydrogen-bond donors (Lipinski definition) is 2. The second-order valence-electron chi connectivity index (χ2n) is 2.60. The van der Waals surface area contributed by atoms with Gasteiger partial charge < -0.3 is 14.9 Å². The molecule has 2 N–H and O–H groups in total. The van der Waals surface area contributed by atoms with Gasteiger partial charge in [-0.25, -0.2) is 4.79 Å². The first-order valence-electron chi connectivity index (χ1n) is 3.91. The molecule has 1 aromatic rings. The Hall–Kier alpha value is -1.35. The Morgan fingerprint density at radius 1 is 1.47 bits per heavy atom. The molecule has 1 aromatic carbocycles. The minimum absolute atomic E-state index is 0. The van der Waals surface area contributed by atoms with Gasteiger partial charge in [-0.05, 0) is 23.8 Å². The smallest absolute Gasteiger partial charge is 0.328 e. The van der Waals surface area contributed by atoms with Crippen LogP contribution in [0.25, 0.3) is 6.08 Å². The Kier molecular flexibility index (Phi) is 5.64. The van der Waals surface area contributed by atoms with Gasteiger partial charge >= 0.3 is 5.97 Å². The molecule has 5 heteroatoms. The largest absolute Gasteiger partial charge is 0.504 e. The zero-order chi connectivity index (χ0) is 10.6. The number of phenolic OH excluding ortho intramolecular Hbond substituents is 1. The van der Waals surface area contributed by atoms with Gasteiger partial charge in [0.1, 0.15) is 0 Å². The summed E-state index contributed by atoms with van der Waals surface area (Å²) in [5.74, 6) is -0.672. The predicted molar refractivity (Wildman–Crippen MR) is 51.3 cm³/mol. The fraction of sp³-hybridized carbons (Fsp3) is 0.100. The van der Waals surface area contributed by atoms with Gasteiger partial charge in [0, 0.05) is 25.6 Å². The van der Waals surface area contributed by atoms with Crippen LogP contribution in [0.3, 0.4) is 0 Å². The molecule has 0 saturated carbocycles. The van der Waals surface area contributed by atoms with Crippen LogP contribution in [-0.2, 0) is 24.3 Å². The predicted octanol–water partition coefficient (Wildman–Crippen LogP) is 1.50. The number of aliphatic carboxylic acids is 1. The summed E-state index contributed by atoms with van der Waals surface area (Å²) in [5.41, 5.74) is 0.655. The van der Waals surface area contributed by atoms with Gasteiger partial charge in [0.15, 0.2) is 11.5 Å². The van der Waals surface area contributed by atoms with Crippen LogP contribution in [0.5, 0.6) is 11.5 Å². The maximum Gasteiger partial charge on any atom is 0.328 e. The maximum atomic E-state index is 10.2. The van der Waals surface area contributed by atoms with Crippen molar-refractivity contribution in [2.24, 2.45) is 0 Å². The summed E-state index contributed by atoms with van der Waals surface area (Å²) >= 11 is 0. The molecule has 15 heavy (non-hydrogen) atoms. The second-order valence-corrected chi connectivity index (χ2v) is 2.60. The molecule has 4 nitrogen and oxygen atoms in total. The third-order valence-electron chi connectivity index (χ3n) is 1.62. The molecule has 0 heterocycles. The summed E-state index contributed by atoms with van der Waals surface area (Å²) in [5, 5.41) is 17.6. The molecule has 76 valence electrons. The average molecular weight is 260 g/mol. The number of carboxylic acids is 1. The van der Waals surface area contributed by atoms with Crippen LogP contribution < -0.4 is 4.74 Å². The van der Waals surface area contributed by atoms with Crippen molar-refractivity contribution in [2.75, 3.05) is 7.11 Å². The van der Waals surface area contributed by atoms with Gasteiger partial charge in [0.05, 0.1) is 7.11 Å². The van der Waals surface area contributed by atoms with Gasteiger partial charge in [-0.3, -0.25) is 0 Å². The molecule has 0 aromatic heterocycles. The number of rotatable bonds is 3. The number of phenols is 1. The maximum absolute atomic E-state index is 10.2. The number of ether oxygens (including phenoxy) is 1. The fourth-order valence-corrected chi connectivity index (χ4v) is 0.965. The van der Waals surface area contributed by atoms with Gasteiger partial charge in [-0.2, -0.15) is 0 Å². The molecule has 0 aliphatic heterocycles. The van der Waals surface area contributed by atoms with E-state index < -0.39 is 5.97 Å². The Bertz CT molecular complexity index is 374. The molecule has 0 radical (unpaired) electrons. The van der Waals surface area contributed by atoms with E-state index in [1.165, 1.54) is 19.3 Å². The first kappa shape index (κ1) is 13.7. The van der Waals surface area contributed by atoms with E-state index in [4.69, 9.17) is 9.84 Å². The SMILES string of the molecule is COc1cc(/C=C/C(=O)O)ccc1O.[Zn]. The second kappa shape index (κ2) is 6.20. The van der Waals surface area contributed by atoms with Gasteiger partial charge in [0.25, 0.3) is 0 Å². The summed E-state index contributed by atoms with van der Waals surface area (Å²) in [4.78, 5) is 10.2. The van der Waals surface area contributed by atoms with Crippen LogP contribution in [0.15, 0.2) is 24.3 Å². The number of carboxylic acid groups (broad SMARTS) is 1. The van der Waals surface area contributed by atoms with Crippen LogP contribution in [0.1, 0.15) is 5.56 Å². The van der Waals surface area contributed by atoms with Crippen LogP contribution in [0.4, 0.5) is 0 Å². The van der Waals surface area contributed by atoms with E-state index in [1.807, 2.05) is 0 Å². The van der Waals surface area contributed by atoms with E-state index in [0.717, 1.165) is 6.08 Å². The number of carbonyl (C=O) groups is 1. The molecule has 0 aliphatic rings. The van der Waals surface area contributed by atoms with E-state index in [2.05, 4.69) is 0 Å². The molecule has 0 amide bonds. The number of benzene rings is 1. The zero-order valence-electron chi connectivity index (χ0n) is 8.30. The molecular weight excluding hydrogens is 249 g/mol. The molecule has 1 rings (SSSR count). The molecule has 0 saturated heterocycles. The Morgan fingerprint density at radius 3 is 2.67 bits per heavy atom. The average Bonchev–Trinajstić information content (AvgIpc) is 2.16. The van der Waals surface area contributed by atoms with Crippen LogP contribution in [0.2, 0.25) is 0 Å². The number of aromatic hydroxyl groups is 1. The third-order valence-corrected chi connectivity index (χ3v) is 1.62. The Labute approximate surface area is 99.9 Å². The van der Waals surface area contributed by atoms with Crippen molar-refractivity contribution in [1.29, 1.82) is 0 Å². The minimum Gasteiger partial charge on any atom is -0.504 e. The van der Waals surface area contributed by atoms with Crippen LogP contribution >= 0.6 is 0 Å². The summed E-state index contributed by atoms with van der Waals surface area (Å²) in [6.45, 7) is 0. The first-order chi connectivity index (χ1) is 6.63. The molecule has 0 aliphatic carbocycles. The number of methoxy groups -OCH3 is 1. The quantitative estimate of drug-likeness (QED) is 0.638. The summed E-state index contributed by atoms with van der Waals surface area (Å²) in [6, 6.07) is 4.59. The summed E-state index contributed by atoms with van der Waals surface area (Å²) in [6.07, 6.45) is 2.44. The zero-order valence-corrected chi connectivity index (χ0v) is 11.3. The van der Waals surface area contributed by atoms with Crippen molar-refractivity contribution in [3.63, 3.8) is 0 Å². The van der Waals surface area contributed by atoms with Crippen molar-refractivity contribution in [1.82, 2.24) is 0 Å². The van der Waals surface area contributed by atoms with Gasteiger partial charge in [-0.15, -0.1) is 0 Å². The first-order valence-corrected chi connectivity index (χ1v) is 3.91. The topological polar surface area (TPSA) is 66.8 Å². The van der Waals surface area contributed by atoms with E-state index in [9.17, 15) is 9.90 Å². The minimum atomic E-state index is -1.02. The van der Waals surface area contributed by atoms with Crippen molar-refractivity contribution in [3.8, 4) is 11.5 Å². The molecule has 0 unspecified atom stereocenters. The molecule has 0 spiro atoms. The van der Waals surface area contributed by atoms with Crippen molar-refractivity contribution in [3.05, 3.63) is 29.8 Å². The van der Waals surface area contributed by atoms with Crippen molar-refractivity contribution in [2.45, 2.75) is 0 Å². The molecule has 0 fully saturated rings. The fourth-order valence-electron chi connectivity index (χ4n) is 0.965. The molecule has 0 bridgehead atoms. The number of hydrogen-bond acceptors (Lipinski definition) is 3. The van der Waals surface area contributed by atoms with Gasteiger partial charge in [-0.1, -0.05) is 6.07 Å². The summed E-state index contributed by atoms with van der Waals surface area (Å²) in [7, 11) is 1.43. The molecular formula is C10H10O4Zn. The van der Waals surface area contributed by atoms with E-state index in [0.29, 0.717) is 11.3 Å². The van der Waals surface area contributed by atoms with Crippen molar-refractivity contribution >= 4 is 12.0 Å². The van der Waals surface area contributed by atoms with E-state index >= 15 is 0 Å². The van der Waals surface area contributed by atoms with E-state index in [-0.39, 0.29) is 25.2 Å². The van der Waals surface area contributed by atoms with Crippen LogP contribution in [-0.4, -0.2) is 23.3 Å². The van der Waals surface area contributed by atoms with Crippen LogP contribution in [0, 0.1) is 0 Å². The third kappa shape index (κ3) is 4.13. The van der Waals surface area contributed by atoms with E-state index in [1.54, 1.807) is 12.1 Å². The normalized spacial score (nSPS) is 9.67. The molecule has 0 atom stereocenters. The Balaban J connectivity index is 0.00000196. The van der Waals surface area contributed by atoms with Gasteiger partial charge in [0.2, 0.25) is 0 Å². The Morgan fingerprint density at radius 2 is 2.13 bits per heavy atom.